The number of halogens is 1. The molecule has 0 saturated heterocycles. The first-order chi connectivity index (χ1) is 9.65. The summed E-state index contributed by atoms with van der Waals surface area (Å²) in [6.07, 6.45) is 5.29. The van der Waals surface area contributed by atoms with Gasteiger partial charge >= 0.3 is 0 Å². The number of nitrogens with two attached hydrogens (primary N) is 1. The van der Waals surface area contributed by atoms with E-state index in [1.54, 1.807) is 12.1 Å². The molecule has 0 radical (unpaired) electrons. The smallest absolute Gasteiger partial charge is 0.128 e. The Morgan fingerprint density at radius 2 is 1.70 bits per heavy atom. The summed E-state index contributed by atoms with van der Waals surface area (Å²) >= 11 is 0. The second-order valence-corrected chi connectivity index (χ2v) is 6.67. The van der Waals surface area contributed by atoms with Crippen LogP contribution in [0.15, 0.2) is 24.3 Å². The Bertz CT molecular complexity index is 438. The maximum absolute atomic E-state index is 14.2. The fraction of sp³-hybridized carbons (Fsp3) is 0.647. The highest BCUT2D eigenvalue weighted by Gasteiger charge is 2.35. The van der Waals surface area contributed by atoms with Crippen LogP contribution >= 0.6 is 0 Å². The quantitative estimate of drug-likeness (QED) is 0.827. The summed E-state index contributed by atoms with van der Waals surface area (Å²) in [5, 5.41) is 0. The third kappa shape index (κ3) is 3.39. The van der Waals surface area contributed by atoms with Gasteiger partial charge in [-0.05, 0) is 50.5 Å². The van der Waals surface area contributed by atoms with Gasteiger partial charge in [0.05, 0.1) is 6.04 Å². The topological polar surface area (TPSA) is 29.3 Å². The Morgan fingerprint density at radius 1 is 1.15 bits per heavy atom. The van der Waals surface area contributed by atoms with E-state index in [-0.39, 0.29) is 17.9 Å². The molecule has 0 aliphatic heterocycles. The van der Waals surface area contributed by atoms with E-state index >= 15 is 0 Å². The lowest BCUT2D eigenvalue weighted by molar-refractivity contribution is 0.158. The van der Waals surface area contributed by atoms with Crippen molar-refractivity contribution in [3.63, 3.8) is 0 Å². The van der Waals surface area contributed by atoms with Crippen LogP contribution in [-0.2, 0) is 0 Å². The first-order valence-corrected chi connectivity index (χ1v) is 7.89. The van der Waals surface area contributed by atoms with Gasteiger partial charge in [0, 0.05) is 24.7 Å². The third-order valence-corrected chi connectivity index (χ3v) is 4.49. The Balaban J connectivity index is 1.83. The molecule has 2 aliphatic rings. The number of hydrogen-bond acceptors (Lipinski definition) is 2. The zero-order chi connectivity index (χ0) is 14.1. The molecule has 2 unspecified atom stereocenters. The van der Waals surface area contributed by atoms with Crippen LogP contribution in [0.25, 0.3) is 0 Å². The van der Waals surface area contributed by atoms with Crippen LogP contribution < -0.4 is 5.73 Å². The van der Waals surface area contributed by atoms with Gasteiger partial charge in [-0.3, -0.25) is 4.90 Å². The van der Waals surface area contributed by atoms with Gasteiger partial charge in [0.2, 0.25) is 0 Å². The van der Waals surface area contributed by atoms with Crippen molar-refractivity contribution in [2.45, 2.75) is 44.7 Å². The minimum atomic E-state index is -0.119. The van der Waals surface area contributed by atoms with Crippen molar-refractivity contribution in [2.24, 2.45) is 17.6 Å². The molecule has 0 bridgehead atoms. The summed E-state index contributed by atoms with van der Waals surface area (Å²) in [5.41, 5.74) is 6.99. The average Bonchev–Trinajstić information content (AvgIpc) is 3.27. The predicted molar refractivity (Wildman–Crippen MR) is 79.8 cm³/mol. The van der Waals surface area contributed by atoms with E-state index in [1.165, 1.54) is 25.7 Å². The van der Waals surface area contributed by atoms with Gasteiger partial charge in [-0.15, -0.1) is 0 Å². The summed E-state index contributed by atoms with van der Waals surface area (Å²) in [5.74, 6) is 1.50. The lowest BCUT2D eigenvalue weighted by Gasteiger charge is -2.35. The molecular formula is C17H25FN2. The van der Waals surface area contributed by atoms with E-state index in [4.69, 9.17) is 5.73 Å². The fourth-order valence-corrected chi connectivity index (χ4v) is 3.09. The summed E-state index contributed by atoms with van der Waals surface area (Å²) in [6.45, 7) is 4.16. The molecule has 0 spiro atoms. The van der Waals surface area contributed by atoms with E-state index in [1.807, 2.05) is 19.1 Å². The standard InChI is InChI=1S/C17H25FN2/c1-12(19)17(15-4-2-3-5-16(15)18)20(10-13-6-7-13)11-14-8-9-14/h2-5,12-14,17H,6-11,19H2,1H3. The molecule has 2 nitrogen and oxygen atoms in total. The van der Waals surface area contributed by atoms with Crippen molar-refractivity contribution in [2.75, 3.05) is 13.1 Å². The molecule has 2 atom stereocenters. The van der Waals surface area contributed by atoms with Crippen LogP contribution in [0.3, 0.4) is 0 Å². The minimum absolute atomic E-state index is 0.0115. The molecule has 1 aromatic carbocycles. The van der Waals surface area contributed by atoms with E-state index in [9.17, 15) is 4.39 Å². The molecule has 0 aromatic heterocycles. The van der Waals surface area contributed by atoms with E-state index in [0.29, 0.717) is 0 Å². The summed E-state index contributed by atoms with van der Waals surface area (Å²) in [7, 11) is 0. The Kier molecular flexibility index (Phi) is 4.08. The second kappa shape index (κ2) is 5.82. The monoisotopic (exact) mass is 276 g/mol. The van der Waals surface area contributed by atoms with Crippen molar-refractivity contribution in [1.82, 2.24) is 4.90 Å². The van der Waals surface area contributed by atoms with Crippen molar-refractivity contribution in [1.29, 1.82) is 0 Å². The van der Waals surface area contributed by atoms with Crippen LogP contribution in [0.5, 0.6) is 0 Å². The molecule has 2 N–H and O–H groups in total. The molecule has 2 saturated carbocycles. The van der Waals surface area contributed by atoms with E-state index < -0.39 is 0 Å². The van der Waals surface area contributed by atoms with Crippen LogP contribution in [0.1, 0.15) is 44.2 Å². The van der Waals surface area contributed by atoms with Crippen LogP contribution in [-0.4, -0.2) is 24.0 Å². The molecule has 3 rings (SSSR count). The maximum atomic E-state index is 14.2. The van der Waals surface area contributed by atoms with Gasteiger partial charge in [0.15, 0.2) is 0 Å². The zero-order valence-electron chi connectivity index (χ0n) is 12.3. The van der Waals surface area contributed by atoms with Crippen molar-refractivity contribution < 1.29 is 4.39 Å². The van der Waals surface area contributed by atoms with Crippen molar-refractivity contribution >= 4 is 0 Å². The molecule has 0 heterocycles. The minimum Gasteiger partial charge on any atom is -0.326 e. The van der Waals surface area contributed by atoms with Crippen LogP contribution in [0.4, 0.5) is 4.39 Å². The second-order valence-electron chi connectivity index (χ2n) is 6.67. The molecule has 1 aromatic rings. The highest BCUT2D eigenvalue weighted by Crippen LogP contribution is 2.38. The predicted octanol–water partition coefficient (Wildman–Crippen LogP) is 3.34. The number of nitrogens with zero attached hydrogens (tertiary/aromatic N) is 1. The lowest BCUT2D eigenvalue weighted by atomic mass is 9.97. The summed E-state index contributed by atoms with van der Waals surface area (Å²) in [6, 6.07) is 7.08. The van der Waals surface area contributed by atoms with Gasteiger partial charge in [-0.2, -0.15) is 0 Å². The molecule has 2 fully saturated rings. The maximum Gasteiger partial charge on any atom is 0.128 e. The highest BCUT2D eigenvalue weighted by atomic mass is 19.1. The largest absolute Gasteiger partial charge is 0.326 e. The number of rotatable bonds is 7. The van der Waals surface area contributed by atoms with Gasteiger partial charge in [0.1, 0.15) is 5.82 Å². The first-order valence-electron chi connectivity index (χ1n) is 7.89. The average molecular weight is 276 g/mol. The van der Waals surface area contributed by atoms with Crippen LogP contribution in [0, 0.1) is 17.7 Å². The third-order valence-electron chi connectivity index (χ3n) is 4.49. The Morgan fingerprint density at radius 3 is 2.15 bits per heavy atom. The molecule has 0 amide bonds. The summed E-state index contributed by atoms with van der Waals surface area (Å²) < 4.78 is 14.2. The Hall–Kier alpha value is -0.930. The van der Waals surface area contributed by atoms with Gasteiger partial charge < -0.3 is 5.73 Å². The highest BCUT2D eigenvalue weighted by molar-refractivity contribution is 5.23. The van der Waals surface area contributed by atoms with E-state index in [0.717, 1.165) is 30.5 Å². The normalized spacial score (nSPS) is 22.0. The Labute approximate surface area is 121 Å². The molecule has 3 heteroatoms. The summed E-state index contributed by atoms with van der Waals surface area (Å²) in [4.78, 5) is 2.46. The number of benzene rings is 1. The molecule has 110 valence electrons. The lowest BCUT2D eigenvalue weighted by Crippen LogP contribution is -2.42. The van der Waals surface area contributed by atoms with Crippen LogP contribution in [0.2, 0.25) is 0 Å². The first kappa shape index (κ1) is 14.0. The molecule has 2 aliphatic carbocycles. The van der Waals surface area contributed by atoms with E-state index in [2.05, 4.69) is 4.90 Å². The fourth-order valence-electron chi connectivity index (χ4n) is 3.09. The van der Waals surface area contributed by atoms with Gasteiger partial charge in [-0.1, -0.05) is 18.2 Å². The molecule has 20 heavy (non-hydrogen) atoms. The number of hydrogen-bond donors (Lipinski definition) is 1. The molecular weight excluding hydrogens is 251 g/mol. The SMILES string of the molecule is CC(N)C(c1ccccc1F)N(CC1CC1)CC1CC1. The van der Waals surface area contributed by atoms with Gasteiger partial charge in [-0.25, -0.2) is 4.39 Å². The van der Waals surface area contributed by atoms with Gasteiger partial charge in [0.25, 0.3) is 0 Å². The zero-order valence-corrected chi connectivity index (χ0v) is 12.3. The van der Waals surface area contributed by atoms with Crippen molar-refractivity contribution in [3.8, 4) is 0 Å². The van der Waals surface area contributed by atoms with Crippen molar-refractivity contribution in [3.05, 3.63) is 35.6 Å².